The first-order valence-corrected chi connectivity index (χ1v) is 13.3. The van der Waals surface area contributed by atoms with Gasteiger partial charge >= 0.3 is 0 Å². The lowest BCUT2D eigenvalue weighted by Crippen LogP contribution is -2.47. The molecule has 36 heavy (non-hydrogen) atoms. The number of aryl methyl sites for hydroxylation is 1. The molecule has 2 heterocycles. The van der Waals surface area contributed by atoms with Crippen LogP contribution in [0.4, 0.5) is 11.4 Å². The van der Waals surface area contributed by atoms with Crippen LogP contribution in [-0.4, -0.2) is 53.8 Å². The number of hydrogen-bond acceptors (Lipinski definition) is 7. The Bertz CT molecular complexity index is 1480. The number of piperazine rings is 1. The van der Waals surface area contributed by atoms with Gasteiger partial charge in [-0.3, -0.25) is 4.98 Å². The van der Waals surface area contributed by atoms with E-state index >= 15 is 0 Å². The highest BCUT2D eigenvalue weighted by Gasteiger charge is 2.29. The van der Waals surface area contributed by atoms with Crippen LogP contribution in [0.1, 0.15) is 5.56 Å². The third kappa shape index (κ3) is 4.44. The Morgan fingerprint density at radius 1 is 0.778 bits per heavy atom. The second-order valence-electron chi connectivity index (χ2n) is 8.84. The van der Waals surface area contributed by atoms with Crippen LogP contribution in [0.15, 0.2) is 82.7 Å². The Morgan fingerprint density at radius 2 is 1.39 bits per heavy atom. The lowest BCUT2D eigenvalue weighted by atomic mass is 10.1. The van der Waals surface area contributed by atoms with Gasteiger partial charge in [-0.2, -0.15) is 0 Å². The molecule has 0 atom stereocenters. The van der Waals surface area contributed by atoms with E-state index in [0.29, 0.717) is 24.5 Å². The SMILES string of the molecule is COc1ccc(N2CCN(c3c(S(=O)(=O)c4ccc(C)cc4)cnc4ccc(OC)cc34)CC2)cc1. The molecule has 1 aliphatic heterocycles. The largest absolute Gasteiger partial charge is 0.497 e. The molecule has 8 heteroatoms. The number of aromatic nitrogens is 1. The first kappa shape index (κ1) is 23.9. The fraction of sp³-hybridized carbons (Fsp3) is 0.250. The smallest absolute Gasteiger partial charge is 0.210 e. The van der Waals surface area contributed by atoms with E-state index in [0.717, 1.165) is 41.0 Å². The molecule has 0 radical (unpaired) electrons. The summed E-state index contributed by atoms with van der Waals surface area (Å²) in [6.45, 7) is 4.78. The van der Waals surface area contributed by atoms with Crippen molar-refractivity contribution in [2.75, 3.05) is 50.2 Å². The van der Waals surface area contributed by atoms with Gasteiger partial charge in [0.15, 0.2) is 0 Å². The Labute approximate surface area is 211 Å². The maximum absolute atomic E-state index is 13.8. The first-order valence-electron chi connectivity index (χ1n) is 11.8. The molecule has 5 rings (SSSR count). The number of ether oxygens (including phenoxy) is 2. The summed E-state index contributed by atoms with van der Waals surface area (Å²) >= 11 is 0. The van der Waals surface area contributed by atoms with Gasteiger partial charge in [0.25, 0.3) is 0 Å². The van der Waals surface area contributed by atoms with Crippen LogP contribution in [-0.2, 0) is 9.84 Å². The number of pyridine rings is 1. The normalized spacial score (nSPS) is 14.2. The number of anilines is 2. The molecule has 0 aliphatic carbocycles. The molecule has 186 valence electrons. The molecule has 0 bridgehead atoms. The predicted octanol–water partition coefficient (Wildman–Crippen LogP) is 4.72. The third-order valence-electron chi connectivity index (χ3n) is 6.67. The highest BCUT2D eigenvalue weighted by Crippen LogP contribution is 2.38. The molecule has 0 saturated carbocycles. The lowest BCUT2D eigenvalue weighted by molar-refractivity contribution is 0.414. The highest BCUT2D eigenvalue weighted by molar-refractivity contribution is 7.91. The van der Waals surface area contributed by atoms with Crippen molar-refractivity contribution in [2.45, 2.75) is 16.7 Å². The Morgan fingerprint density at radius 3 is 2.03 bits per heavy atom. The van der Waals surface area contributed by atoms with Crippen LogP contribution < -0.4 is 19.3 Å². The zero-order valence-corrected chi connectivity index (χ0v) is 21.5. The minimum atomic E-state index is -3.79. The van der Waals surface area contributed by atoms with E-state index in [1.54, 1.807) is 26.4 Å². The maximum Gasteiger partial charge on any atom is 0.210 e. The van der Waals surface area contributed by atoms with Gasteiger partial charge in [0, 0.05) is 43.4 Å². The van der Waals surface area contributed by atoms with E-state index < -0.39 is 9.84 Å². The summed E-state index contributed by atoms with van der Waals surface area (Å²) in [5.74, 6) is 1.48. The molecule has 1 saturated heterocycles. The van der Waals surface area contributed by atoms with Gasteiger partial charge in [-0.1, -0.05) is 17.7 Å². The zero-order valence-electron chi connectivity index (χ0n) is 20.6. The Hall–Kier alpha value is -3.78. The Balaban J connectivity index is 1.56. The molecule has 3 aromatic carbocycles. The fourth-order valence-electron chi connectivity index (χ4n) is 4.61. The Kier molecular flexibility index (Phi) is 6.45. The summed E-state index contributed by atoms with van der Waals surface area (Å²) in [6, 6.07) is 20.5. The van der Waals surface area contributed by atoms with Crippen LogP contribution >= 0.6 is 0 Å². The quantitative estimate of drug-likeness (QED) is 0.377. The van der Waals surface area contributed by atoms with Gasteiger partial charge in [0.05, 0.1) is 30.3 Å². The van der Waals surface area contributed by atoms with Crippen LogP contribution in [0.5, 0.6) is 11.5 Å². The molecule has 7 nitrogen and oxygen atoms in total. The maximum atomic E-state index is 13.8. The number of hydrogen-bond donors (Lipinski definition) is 0. The predicted molar refractivity (Wildman–Crippen MR) is 142 cm³/mol. The van der Waals surface area contributed by atoms with Crippen LogP contribution in [0.3, 0.4) is 0 Å². The van der Waals surface area contributed by atoms with Crippen LogP contribution in [0.2, 0.25) is 0 Å². The fourth-order valence-corrected chi connectivity index (χ4v) is 6.05. The summed E-state index contributed by atoms with van der Waals surface area (Å²) in [7, 11) is -0.530. The second-order valence-corrected chi connectivity index (χ2v) is 10.8. The van der Waals surface area contributed by atoms with Crippen molar-refractivity contribution in [3.8, 4) is 11.5 Å². The number of benzene rings is 3. The van der Waals surface area contributed by atoms with E-state index in [2.05, 4.69) is 26.9 Å². The minimum absolute atomic E-state index is 0.213. The van der Waals surface area contributed by atoms with Crippen LogP contribution in [0, 0.1) is 6.92 Å². The number of rotatable bonds is 6. The first-order chi connectivity index (χ1) is 17.4. The van der Waals surface area contributed by atoms with Gasteiger partial charge in [-0.15, -0.1) is 0 Å². The number of methoxy groups -OCH3 is 2. The zero-order chi connectivity index (χ0) is 25.3. The molecule has 0 unspecified atom stereocenters. The summed E-state index contributed by atoms with van der Waals surface area (Å²) < 4.78 is 38.4. The molecule has 4 aromatic rings. The lowest BCUT2D eigenvalue weighted by Gasteiger charge is -2.38. The molecule has 1 fully saturated rings. The van der Waals surface area contributed by atoms with E-state index in [-0.39, 0.29) is 9.79 Å². The number of nitrogens with zero attached hydrogens (tertiary/aromatic N) is 3. The van der Waals surface area contributed by atoms with Crippen molar-refractivity contribution in [1.29, 1.82) is 0 Å². The van der Waals surface area contributed by atoms with E-state index in [1.807, 2.05) is 49.4 Å². The molecule has 0 N–H and O–H groups in total. The highest BCUT2D eigenvalue weighted by atomic mass is 32.2. The van der Waals surface area contributed by atoms with Crippen LogP contribution in [0.25, 0.3) is 10.9 Å². The van der Waals surface area contributed by atoms with Crippen molar-refractivity contribution in [3.63, 3.8) is 0 Å². The van der Waals surface area contributed by atoms with E-state index in [9.17, 15) is 8.42 Å². The van der Waals surface area contributed by atoms with E-state index in [4.69, 9.17) is 9.47 Å². The van der Waals surface area contributed by atoms with Crippen molar-refractivity contribution < 1.29 is 17.9 Å². The average molecular weight is 504 g/mol. The molecule has 1 aliphatic rings. The molecule has 0 spiro atoms. The number of fused-ring (bicyclic) bond motifs is 1. The van der Waals surface area contributed by atoms with Gasteiger partial charge in [-0.25, -0.2) is 8.42 Å². The van der Waals surface area contributed by atoms with Crippen molar-refractivity contribution >= 4 is 32.1 Å². The molecule has 0 amide bonds. The third-order valence-corrected chi connectivity index (χ3v) is 8.44. The summed E-state index contributed by atoms with van der Waals surface area (Å²) in [4.78, 5) is 9.45. The topological polar surface area (TPSA) is 72.0 Å². The van der Waals surface area contributed by atoms with Gasteiger partial charge in [0.1, 0.15) is 16.4 Å². The summed E-state index contributed by atoms with van der Waals surface area (Å²) in [6.07, 6.45) is 1.50. The van der Waals surface area contributed by atoms with Gasteiger partial charge in [0.2, 0.25) is 9.84 Å². The standard InChI is InChI=1S/C28H29N3O4S/c1-20-4-11-24(12-5-20)36(32,33)27-19-29-26-13-10-23(35-3)18-25(26)28(27)31-16-14-30(15-17-31)21-6-8-22(34-2)9-7-21/h4-13,18-19H,14-17H2,1-3H3. The average Bonchev–Trinajstić information content (AvgIpc) is 2.92. The molecular formula is C28H29N3O4S. The van der Waals surface area contributed by atoms with E-state index in [1.165, 1.54) is 6.20 Å². The van der Waals surface area contributed by atoms with Crippen molar-refractivity contribution in [2.24, 2.45) is 0 Å². The molecule has 1 aromatic heterocycles. The minimum Gasteiger partial charge on any atom is -0.497 e. The number of sulfone groups is 1. The van der Waals surface area contributed by atoms with Crippen molar-refractivity contribution in [1.82, 2.24) is 4.98 Å². The van der Waals surface area contributed by atoms with Crippen molar-refractivity contribution in [3.05, 3.63) is 78.5 Å². The molecular weight excluding hydrogens is 474 g/mol. The monoisotopic (exact) mass is 503 g/mol. The second kappa shape index (κ2) is 9.70. The summed E-state index contributed by atoms with van der Waals surface area (Å²) in [5.41, 5.74) is 3.52. The summed E-state index contributed by atoms with van der Waals surface area (Å²) in [5, 5.41) is 0.764. The van der Waals surface area contributed by atoms with Gasteiger partial charge in [-0.05, 0) is 61.5 Å². The van der Waals surface area contributed by atoms with Gasteiger partial charge < -0.3 is 19.3 Å².